The minimum Gasteiger partial charge on any atom is -0.371 e. The Bertz CT molecular complexity index is 1340. The maximum atomic E-state index is 14.2. The van der Waals surface area contributed by atoms with Gasteiger partial charge in [0.15, 0.2) is 0 Å². The van der Waals surface area contributed by atoms with Crippen LogP contribution >= 0.6 is 0 Å². The molecule has 6 nitrogen and oxygen atoms in total. The van der Waals surface area contributed by atoms with Crippen molar-refractivity contribution in [3.8, 4) is 0 Å². The molecule has 2 heterocycles. The van der Waals surface area contributed by atoms with Crippen LogP contribution in [0.5, 0.6) is 0 Å². The Hall–Kier alpha value is -3.23. The fraction of sp³-hybridized carbons (Fsp3) is 0.269. The normalized spacial score (nSPS) is 16.3. The molecule has 3 aromatic rings. The lowest BCUT2D eigenvalue weighted by molar-refractivity contribution is 0.102. The number of halogens is 1. The van der Waals surface area contributed by atoms with Crippen LogP contribution < -0.4 is 10.2 Å². The summed E-state index contributed by atoms with van der Waals surface area (Å²) in [5, 5.41) is 2.72. The summed E-state index contributed by atoms with van der Waals surface area (Å²) >= 11 is 0. The summed E-state index contributed by atoms with van der Waals surface area (Å²) in [6, 6.07) is 18.3. The predicted molar refractivity (Wildman–Crippen MR) is 130 cm³/mol. The van der Waals surface area contributed by atoms with Crippen molar-refractivity contribution in [2.24, 2.45) is 0 Å². The standard InChI is InChI=1S/C26H26FN3O3S/c27-22-15-23(17-24(16-22)29-11-3-4-12-29)28-26(31)20-8-5-9-25(14-20)34(32,33)30-13-10-19-6-1-2-7-21(19)18-30/h1-2,5-9,14-17H,3-4,10-13,18H2,(H,28,31). The third kappa shape index (κ3) is 4.56. The molecule has 1 N–H and O–H groups in total. The first-order chi connectivity index (χ1) is 16.4. The van der Waals surface area contributed by atoms with Gasteiger partial charge in [0.2, 0.25) is 10.0 Å². The van der Waals surface area contributed by atoms with Gasteiger partial charge in [-0.15, -0.1) is 0 Å². The molecule has 2 aliphatic rings. The first-order valence-corrected chi connectivity index (χ1v) is 12.9. The highest BCUT2D eigenvalue weighted by molar-refractivity contribution is 7.89. The molecule has 0 radical (unpaired) electrons. The van der Waals surface area contributed by atoms with E-state index in [2.05, 4.69) is 10.2 Å². The number of nitrogens with zero attached hydrogens (tertiary/aromatic N) is 2. The van der Waals surface area contributed by atoms with E-state index < -0.39 is 21.7 Å². The van der Waals surface area contributed by atoms with Gasteiger partial charge >= 0.3 is 0 Å². The maximum absolute atomic E-state index is 14.2. The lowest BCUT2D eigenvalue weighted by Crippen LogP contribution is -2.36. The number of benzene rings is 3. The Morgan fingerprint density at radius 1 is 0.882 bits per heavy atom. The lowest BCUT2D eigenvalue weighted by atomic mass is 10.0. The number of nitrogens with one attached hydrogen (secondary N) is 1. The molecule has 1 fully saturated rings. The number of rotatable bonds is 5. The van der Waals surface area contributed by atoms with E-state index in [1.165, 1.54) is 28.6 Å². The van der Waals surface area contributed by atoms with Crippen LogP contribution in [-0.2, 0) is 23.0 Å². The van der Waals surface area contributed by atoms with Crippen molar-refractivity contribution in [3.63, 3.8) is 0 Å². The number of hydrogen-bond donors (Lipinski definition) is 1. The van der Waals surface area contributed by atoms with Gasteiger partial charge in [0.25, 0.3) is 5.91 Å². The SMILES string of the molecule is O=C(Nc1cc(F)cc(N2CCCC2)c1)c1cccc(S(=O)(=O)N2CCc3ccccc3C2)c1. The van der Waals surface area contributed by atoms with E-state index >= 15 is 0 Å². The molecule has 0 bridgehead atoms. The molecule has 0 aliphatic carbocycles. The molecule has 0 aromatic heterocycles. The highest BCUT2D eigenvalue weighted by Crippen LogP contribution is 2.27. The second kappa shape index (κ2) is 9.19. The van der Waals surface area contributed by atoms with Crippen molar-refractivity contribution in [2.75, 3.05) is 29.9 Å². The molecule has 1 saturated heterocycles. The lowest BCUT2D eigenvalue weighted by Gasteiger charge is -2.28. The summed E-state index contributed by atoms with van der Waals surface area (Å²) in [4.78, 5) is 15.1. The number of sulfonamides is 1. The maximum Gasteiger partial charge on any atom is 0.255 e. The molecule has 3 aromatic carbocycles. The summed E-state index contributed by atoms with van der Waals surface area (Å²) in [6.07, 6.45) is 2.76. The van der Waals surface area contributed by atoms with Gasteiger partial charge in [0, 0.05) is 43.1 Å². The van der Waals surface area contributed by atoms with Crippen LogP contribution in [0.25, 0.3) is 0 Å². The van der Waals surface area contributed by atoms with E-state index in [-0.39, 0.29) is 10.5 Å². The second-order valence-electron chi connectivity index (χ2n) is 8.73. The van der Waals surface area contributed by atoms with Gasteiger partial charge in [0.05, 0.1) is 4.90 Å². The van der Waals surface area contributed by atoms with Crippen LogP contribution in [0.3, 0.4) is 0 Å². The molecule has 0 saturated carbocycles. The van der Waals surface area contributed by atoms with E-state index in [0.29, 0.717) is 25.2 Å². The average Bonchev–Trinajstić information content (AvgIpc) is 3.39. The number of anilines is 2. The minimum atomic E-state index is -3.77. The zero-order valence-electron chi connectivity index (χ0n) is 18.7. The Balaban J connectivity index is 1.35. The third-order valence-corrected chi connectivity index (χ3v) is 8.28. The number of hydrogen-bond acceptors (Lipinski definition) is 4. The van der Waals surface area contributed by atoms with Crippen LogP contribution in [-0.4, -0.2) is 38.3 Å². The van der Waals surface area contributed by atoms with Crippen molar-refractivity contribution >= 4 is 27.3 Å². The summed E-state index contributed by atoms with van der Waals surface area (Å²) in [5.41, 5.74) is 3.42. The van der Waals surface area contributed by atoms with E-state index in [9.17, 15) is 17.6 Å². The quantitative estimate of drug-likeness (QED) is 0.588. The molecule has 0 unspecified atom stereocenters. The van der Waals surface area contributed by atoms with Gasteiger partial charge in [-0.3, -0.25) is 4.79 Å². The Labute approximate surface area is 199 Å². The topological polar surface area (TPSA) is 69.7 Å². The van der Waals surface area contributed by atoms with Crippen molar-refractivity contribution < 1.29 is 17.6 Å². The molecule has 2 aliphatic heterocycles. The predicted octanol–water partition coefficient (Wildman–Crippen LogP) is 4.43. The largest absolute Gasteiger partial charge is 0.371 e. The van der Waals surface area contributed by atoms with Gasteiger partial charge in [-0.2, -0.15) is 4.31 Å². The minimum absolute atomic E-state index is 0.0662. The highest BCUT2D eigenvalue weighted by Gasteiger charge is 2.28. The number of carbonyl (C=O) groups excluding carboxylic acids is 1. The van der Waals surface area contributed by atoms with E-state index in [4.69, 9.17) is 0 Å². The van der Waals surface area contributed by atoms with E-state index in [1.807, 2.05) is 24.3 Å². The van der Waals surface area contributed by atoms with E-state index in [0.717, 1.165) is 42.7 Å². The fourth-order valence-corrected chi connectivity index (χ4v) is 6.09. The van der Waals surface area contributed by atoms with Crippen LogP contribution in [0.1, 0.15) is 34.3 Å². The molecule has 0 atom stereocenters. The Morgan fingerprint density at radius 2 is 1.65 bits per heavy atom. The highest BCUT2D eigenvalue weighted by atomic mass is 32.2. The molecule has 176 valence electrons. The van der Waals surface area contributed by atoms with Crippen LogP contribution in [0, 0.1) is 5.82 Å². The number of fused-ring (bicyclic) bond motifs is 1. The monoisotopic (exact) mass is 479 g/mol. The first-order valence-electron chi connectivity index (χ1n) is 11.4. The van der Waals surface area contributed by atoms with Gasteiger partial charge in [-0.25, -0.2) is 12.8 Å². The van der Waals surface area contributed by atoms with Gasteiger partial charge in [-0.05, 0) is 66.8 Å². The summed E-state index contributed by atoms with van der Waals surface area (Å²) in [6.45, 7) is 2.41. The van der Waals surface area contributed by atoms with Gasteiger partial charge < -0.3 is 10.2 Å². The third-order valence-electron chi connectivity index (χ3n) is 6.44. The molecule has 34 heavy (non-hydrogen) atoms. The zero-order chi connectivity index (χ0) is 23.7. The second-order valence-corrected chi connectivity index (χ2v) is 10.7. The molecule has 0 spiro atoms. The van der Waals surface area contributed by atoms with Gasteiger partial charge in [0.1, 0.15) is 5.82 Å². The van der Waals surface area contributed by atoms with Crippen LogP contribution in [0.15, 0.2) is 71.6 Å². The summed E-state index contributed by atoms with van der Waals surface area (Å²) < 4.78 is 42.3. The van der Waals surface area contributed by atoms with Crippen molar-refractivity contribution in [2.45, 2.75) is 30.7 Å². The molecular weight excluding hydrogens is 453 g/mol. The fourth-order valence-electron chi connectivity index (χ4n) is 4.63. The average molecular weight is 480 g/mol. The number of carbonyl (C=O) groups is 1. The Kier molecular flexibility index (Phi) is 6.10. The van der Waals surface area contributed by atoms with E-state index in [1.54, 1.807) is 18.2 Å². The van der Waals surface area contributed by atoms with Crippen LogP contribution in [0.4, 0.5) is 15.8 Å². The smallest absolute Gasteiger partial charge is 0.255 e. The molecule has 8 heteroatoms. The first kappa shape index (κ1) is 22.6. The summed E-state index contributed by atoms with van der Waals surface area (Å²) in [5.74, 6) is -0.916. The van der Waals surface area contributed by atoms with Crippen molar-refractivity contribution in [1.29, 1.82) is 0 Å². The molecule has 5 rings (SSSR count). The Morgan fingerprint density at radius 3 is 2.44 bits per heavy atom. The number of amides is 1. The zero-order valence-corrected chi connectivity index (χ0v) is 19.5. The van der Waals surface area contributed by atoms with Crippen molar-refractivity contribution in [3.05, 3.63) is 89.2 Å². The van der Waals surface area contributed by atoms with Gasteiger partial charge in [-0.1, -0.05) is 30.3 Å². The molecule has 1 amide bonds. The molecular formula is C26H26FN3O3S. The summed E-state index contributed by atoms with van der Waals surface area (Å²) in [7, 11) is -3.77. The van der Waals surface area contributed by atoms with Crippen molar-refractivity contribution in [1.82, 2.24) is 4.31 Å². The van der Waals surface area contributed by atoms with Crippen LogP contribution in [0.2, 0.25) is 0 Å².